The predicted octanol–water partition coefficient (Wildman–Crippen LogP) is 13.2. The van der Waals surface area contributed by atoms with Crippen molar-refractivity contribution in [1.82, 2.24) is 0 Å². The van der Waals surface area contributed by atoms with Gasteiger partial charge in [-0.15, -0.1) is 0 Å². The van der Waals surface area contributed by atoms with Crippen molar-refractivity contribution in [3.8, 4) is 0 Å². The number of hydrogen-bond donors (Lipinski definition) is 4. The molecule has 1 fully saturated rings. The van der Waals surface area contributed by atoms with E-state index in [1.54, 1.807) is 0 Å². The Morgan fingerprint density at radius 2 is 0.857 bits per heavy atom. The molecule has 6 unspecified atom stereocenters. The SMILES string of the molecule is CCCCC/C=C\C/C=C\C/C=C\CCCCCCCCC(=O)OC(COC(=O)CCCCCCCCCCCCC/C=C\C/C=C\CCCCCCC)COC1OC(CS(=O)(=O)O)C(O)C(O)C1O. The molecule has 4 N–H and O–H groups in total. The molecule has 0 saturated carbocycles. The van der Waals surface area contributed by atoms with Crippen molar-refractivity contribution in [3.05, 3.63) is 60.8 Å². The van der Waals surface area contributed by atoms with Crippen LogP contribution in [0, 0.1) is 0 Å². The summed E-state index contributed by atoms with van der Waals surface area (Å²) in [6.07, 6.45) is 49.7. The van der Waals surface area contributed by atoms with Crippen LogP contribution >= 0.6 is 0 Å². The van der Waals surface area contributed by atoms with E-state index >= 15 is 0 Å². The van der Waals surface area contributed by atoms with Gasteiger partial charge in [0.2, 0.25) is 0 Å². The number of allylic oxidation sites excluding steroid dienone is 10. The van der Waals surface area contributed by atoms with Crippen LogP contribution in [-0.4, -0.2) is 96.0 Å². The lowest BCUT2D eigenvalue weighted by atomic mass is 10.00. The van der Waals surface area contributed by atoms with Gasteiger partial charge in [0.15, 0.2) is 12.4 Å². The zero-order valence-electron chi connectivity index (χ0n) is 43.9. The van der Waals surface area contributed by atoms with Gasteiger partial charge < -0.3 is 34.3 Å². The maximum Gasteiger partial charge on any atom is 0.306 e. The van der Waals surface area contributed by atoms with E-state index in [4.69, 9.17) is 18.9 Å². The highest BCUT2D eigenvalue weighted by Crippen LogP contribution is 2.24. The van der Waals surface area contributed by atoms with Crippen LogP contribution in [0.4, 0.5) is 0 Å². The van der Waals surface area contributed by atoms with Crippen LogP contribution in [0.5, 0.6) is 0 Å². The van der Waals surface area contributed by atoms with Gasteiger partial charge in [0.25, 0.3) is 10.1 Å². The predicted molar refractivity (Wildman–Crippen MR) is 284 cm³/mol. The molecule has 0 amide bonds. The summed E-state index contributed by atoms with van der Waals surface area (Å²) in [5, 5.41) is 31.0. The number of carbonyl (C=O) groups excluding carboxylic acids is 2. The number of aliphatic hydroxyl groups excluding tert-OH is 3. The molecule has 1 aliphatic rings. The Morgan fingerprint density at radius 3 is 1.30 bits per heavy atom. The molecule has 1 saturated heterocycles. The Balaban J connectivity index is 2.34. The molecule has 12 nitrogen and oxygen atoms in total. The first kappa shape index (κ1) is 65.4. The van der Waals surface area contributed by atoms with Crippen molar-refractivity contribution in [2.45, 2.75) is 269 Å². The third kappa shape index (κ3) is 39.9. The Labute approximate surface area is 426 Å². The minimum atomic E-state index is -4.61. The van der Waals surface area contributed by atoms with Crippen LogP contribution in [0.2, 0.25) is 0 Å². The number of aliphatic hydroxyl groups is 3. The highest BCUT2D eigenvalue weighted by molar-refractivity contribution is 7.85. The fourth-order valence-electron chi connectivity index (χ4n) is 8.24. The highest BCUT2D eigenvalue weighted by Gasteiger charge is 2.46. The molecule has 13 heteroatoms. The normalized spacial score (nSPS) is 19.4. The highest BCUT2D eigenvalue weighted by atomic mass is 32.2. The van der Waals surface area contributed by atoms with Gasteiger partial charge in [0.1, 0.15) is 36.8 Å². The first-order chi connectivity index (χ1) is 34.0. The summed E-state index contributed by atoms with van der Waals surface area (Å²) < 4.78 is 54.3. The Morgan fingerprint density at radius 1 is 0.486 bits per heavy atom. The van der Waals surface area contributed by atoms with E-state index in [1.165, 1.54) is 116 Å². The van der Waals surface area contributed by atoms with Crippen molar-refractivity contribution in [3.63, 3.8) is 0 Å². The molecule has 0 spiro atoms. The number of esters is 2. The molecular formula is C57H100O12S. The number of rotatable bonds is 47. The zero-order chi connectivity index (χ0) is 51.2. The van der Waals surface area contributed by atoms with E-state index in [0.29, 0.717) is 12.8 Å². The van der Waals surface area contributed by atoms with Crippen molar-refractivity contribution in [2.75, 3.05) is 19.0 Å². The second-order valence-corrected chi connectivity index (χ2v) is 20.7. The molecular weight excluding hydrogens is 909 g/mol. The van der Waals surface area contributed by atoms with Gasteiger partial charge in [-0.05, 0) is 83.5 Å². The topological polar surface area (TPSA) is 186 Å². The summed E-state index contributed by atoms with van der Waals surface area (Å²) in [5.74, 6) is -2.00. The van der Waals surface area contributed by atoms with Gasteiger partial charge in [0, 0.05) is 12.8 Å². The monoisotopic (exact) mass is 1010 g/mol. The van der Waals surface area contributed by atoms with Gasteiger partial charge in [-0.1, -0.05) is 197 Å². The molecule has 0 aromatic carbocycles. The second-order valence-electron chi connectivity index (χ2n) is 19.2. The molecule has 0 aliphatic carbocycles. The molecule has 0 aromatic rings. The van der Waals surface area contributed by atoms with Crippen LogP contribution < -0.4 is 0 Å². The number of ether oxygens (including phenoxy) is 4. The number of unbranched alkanes of at least 4 members (excludes halogenated alkanes) is 25. The van der Waals surface area contributed by atoms with E-state index in [9.17, 15) is 37.9 Å². The van der Waals surface area contributed by atoms with Gasteiger partial charge >= 0.3 is 11.9 Å². The van der Waals surface area contributed by atoms with Crippen molar-refractivity contribution in [2.24, 2.45) is 0 Å². The maximum absolute atomic E-state index is 12.9. The van der Waals surface area contributed by atoms with E-state index in [0.717, 1.165) is 77.0 Å². The van der Waals surface area contributed by atoms with Crippen LogP contribution in [0.1, 0.15) is 232 Å². The average molecular weight is 1010 g/mol. The lowest BCUT2D eigenvalue weighted by Gasteiger charge is -2.40. The first-order valence-corrected chi connectivity index (χ1v) is 29.5. The molecule has 6 atom stereocenters. The molecule has 1 heterocycles. The van der Waals surface area contributed by atoms with E-state index in [-0.39, 0.29) is 19.4 Å². The van der Waals surface area contributed by atoms with Gasteiger partial charge in [-0.3, -0.25) is 14.1 Å². The Hall–Kier alpha value is -2.65. The third-order valence-corrected chi connectivity index (χ3v) is 13.3. The summed E-state index contributed by atoms with van der Waals surface area (Å²) in [4.78, 5) is 25.6. The van der Waals surface area contributed by atoms with E-state index < -0.39 is 71.2 Å². The molecule has 70 heavy (non-hydrogen) atoms. The van der Waals surface area contributed by atoms with Crippen LogP contribution in [0.3, 0.4) is 0 Å². The maximum atomic E-state index is 12.9. The van der Waals surface area contributed by atoms with E-state index in [2.05, 4.69) is 74.6 Å². The zero-order valence-corrected chi connectivity index (χ0v) is 44.7. The fourth-order valence-corrected chi connectivity index (χ4v) is 8.94. The van der Waals surface area contributed by atoms with Crippen LogP contribution in [0.25, 0.3) is 0 Å². The summed E-state index contributed by atoms with van der Waals surface area (Å²) in [6, 6.07) is 0. The Kier molecular flexibility index (Phi) is 43.1. The first-order valence-electron chi connectivity index (χ1n) is 27.8. The van der Waals surface area contributed by atoms with E-state index in [1.807, 2.05) is 0 Å². The van der Waals surface area contributed by atoms with Gasteiger partial charge in [0.05, 0.1) is 6.61 Å². The Bertz CT molecular complexity index is 1510. The lowest BCUT2D eigenvalue weighted by Crippen LogP contribution is -2.60. The summed E-state index contributed by atoms with van der Waals surface area (Å²) in [5.41, 5.74) is 0. The quantitative estimate of drug-likeness (QED) is 0.0196. The minimum Gasteiger partial charge on any atom is -0.462 e. The molecule has 0 radical (unpaired) electrons. The van der Waals surface area contributed by atoms with Crippen molar-refractivity contribution >= 4 is 22.1 Å². The summed E-state index contributed by atoms with van der Waals surface area (Å²) in [7, 11) is -4.61. The minimum absolute atomic E-state index is 0.148. The molecule has 0 bridgehead atoms. The second kappa shape index (κ2) is 46.2. The average Bonchev–Trinajstić information content (AvgIpc) is 3.33. The van der Waals surface area contributed by atoms with Gasteiger partial charge in [-0.25, -0.2) is 0 Å². The lowest BCUT2D eigenvalue weighted by molar-refractivity contribution is -0.297. The molecule has 0 aromatic heterocycles. The van der Waals surface area contributed by atoms with Gasteiger partial charge in [-0.2, -0.15) is 8.42 Å². The standard InChI is InChI=1S/C57H100O12S/c1-3-5-7-9-11-13-15-17-19-21-23-24-25-26-28-29-31-33-35-37-39-41-43-45-52(58)66-47-50(48-67-57-56(62)55(61)54(60)51(69-57)49-70(63,64)65)68-53(59)46-44-42-40-38-36-34-32-30-27-22-20-18-16-14-12-10-8-6-4-2/h12,14-15,17-18,20-21,23,27,30,50-51,54-57,60-62H,3-11,13,16,19,22,24-26,28-29,31-49H2,1-2H3,(H,63,64,65)/b14-12-,17-15-,20-18-,23-21-,30-27-. The van der Waals surface area contributed by atoms with Crippen LogP contribution in [-0.2, 0) is 38.7 Å². The third-order valence-electron chi connectivity index (χ3n) is 12.6. The molecule has 1 aliphatic heterocycles. The number of carbonyl (C=O) groups is 2. The summed E-state index contributed by atoms with van der Waals surface area (Å²) in [6.45, 7) is 3.74. The largest absolute Gasteiger partial charge is 0.462 e. The van der Waals surface area contributed by atoms with Crippen LogP contribution in [0.15, 0.2) is 60.8 Å². The summed E-state index contributed by atoms with van der Waals surface area (Å²) >= 11 is 0. The van der Waals surface area contributed by atoms with Crippen molar-refractivity contribution < 1.29 is 56.8 Å². The van der Waals surface area contributed by atoms with Crippen molar-refractivity contribution in [1.29, 1.82) is 0 Å². The molecule has 1 rings (SSSR count). The smallest absolute Gasteiger partial charge is 0.306 e. The fraction of sp³-hybridized carbons (Fsp3) is 0.789. The number of hydrogen-bond acceptors (Lipinski definition) is 11. The molecule has 406 valence electrons.